The highest BCUT2D eigenvalue weighted by Crippen LogP contribution is 2.87. The van der Waals surface area contributed by atoms with E-state index in [4.69, 9.17) is 0 Å². The maximum absolute atomic E-state index is 15.2. The van der Waals surface area contributed by atoms with Crippen LogP contribution in [0.5, 0.6) is 0 Å². The molecule has 154 valence electrons. The molecule has 7 atom stereocenters. The van der Waals surface area contributed by atoms with Gasteiger partial charge in [-0.3, -0.25) is 0 Å². The van der Waals surface area contributed by atoms with Crippen LogP contribution in [0.25, 0.3) is 0 Å². The fraction of sp³-hybridized carbons (Fsp3) is 0.538. The summed E-state index contributed by atoms with van der Waals surface area (Å²) in [6.45, 7) is 8.95. The minimum Gasteiger partial charge on any atom is -0.389 e. The molecule has 2 aromatic rings. The van der Waals surface area contributed by atoms with Crippen LogP contribution in [0.3, 0.4) is 0 Å². The van der Waals surface area contributed by atoms with E-state index < -0.39 is 12.7 Å². The minimum atomic E-state index is -2.81. The summed E-state index contributed by atoms with van der Waals surface area (Å²) in [4.78, 5) is 0. The zero-order chi connectivity index (χ0) is 20.7. The van der Waals surface area contributed by atoms with Crippen molar-refractivity contribution < 1.29 is 9.67 Å². The van der Waals surface area contributed by atoms with Crippen molar-refractivity contribution in [2.75, 3.05) is 0 Å². The Kier molecular flexibility index (Phi) is 4.11. The predicted octanol–water partition coefficient (Wildman–Crippen LogP) is 6.50. The Morgan fingerprint density at radius 1 is 0.931 bits per heavy atom. The molecule has 1 saturated heterocycles. The van der Waals surface area contributed by atoms with Crippen LogP contribution in [0.2, 0.25) is 0 Å². The van der Waals surface area contributed by atoms with Crippen molar-refractivity contribution in [3.63, 3.8) is 0 Å². The molecule has 1 N–H and O–H groups in total. The average molecular weight is 409 g/mol. The third-order valence-corrected chi connectivity index (χ3v) is 13.8. The number of hydrogen-bond donors (Lipinski definition) is 1. The van der Waals surface area contributed by atoms with Crippen LogP contribution in [0.4, 0.5) is 0 Å². The molecule has 3 fully saturated rings. The molecule has 3 aliphatic rings. The van der Waals surface area contributed by atoms with Crippen molar-refractivity contribution in [1.82, 2.24) is 0 Å². The smallest absolute Gasteiger partial charge is 0.108 e. The van der Waals surface area contributed by atoms with Crippen molar-refractivity contribution in [2.24, 2.45) is 23.2 Å². The Balaban J connectivity index is 1.68. The molecule has 2 aromatic carbocycles. The number of hydrogen-bond acceptors (Lipinski definition) is 2. The van der Waals surface area contributed by atoms with E-state index in [0.717, 1.165) is 24.0 Å². The molecule has 1 aliphatic heterocycles. The summed E-state index contributed by atoms with van der Waals surface area (Å²) in [5.74, 6) is 1.38. The Hall–Kier alpha value is -1.37. The average Bonchev–Trinajstić information content (AvgIpc) is 3.16. The van der Waals surface area contributed by atoms with Gasteiger partial charge in [-0.15, -0.1) is 0 Å². The second-order valence-electron chi connectivity index (χ2n) is 10.9. The molecule has 2 saturated carbocycles. The zero-order valence-electron chi connectivity index (χ0n) is 18.0. The molecule has 2 aliphatic carbocycles. The molecular formula is C26H33O2P. The fourth-order valence-corrected chi connectivity index (χ4v) is 12.3. The minimum absolute atomic E-state index is 0.0813. The maximum atomic E-state index is 15.2. The molecule has 3 heteroatoms. The molecule has 0 aromatic heterocycles. The Morgan fingerprint density at radius 2 is 1.52 bits per heavy atom. The molecular weight excluding hydrogens is 375 g/mol. The van der Waals surface area contributed by atoms with Crippen LogP contribution < -0.4 is 0 Å². The van der Waals surface area contributed by atoms with Gasteiger partial charge in [0.05, 0.1) is 11.3 Å². The number of aliphatic hydroxyl groups is 1. The van der Waals surface area contributed by atoms with Gasteiger partial charge in [0.15, 0.2) is 0 Å². The Labute approximate surface area is 175 Å². The summed E-state index contributed by atoms with van der Waals surface area (Å²) in [5.41, 5.74) is 1.24. The van der Waals surface area contributed by atoms with Crippen molar-refractivity contribution in [3.05, 3.63) is 71.8 Å². The number of fused-ring (bicyclic) bond motifs is 2. The molecule has 29 heavy (non-hydrogen) atoms. The topological polar surface area (TPSA) is 37.3 Å². The lowest BCUT2D eigenvalue weighted by molar-refractivity contribution is -0.0195. The standard InChI is InChI=1S/C26H33O2P/c1-24(2)20-15-22-25(3,16-21(20)24)29(28,17-18-11-7-5-8-12-18)23(26(22,4)27)19-13-9-6-10-14-19/h5-14,20-23,27H,15-17H2,1-4H3/t20-,21+,22-,23-,25+,26+,29-/m1/s1. The number of rotatable bonds is 3. The van der Waals surface area contributed by atoms with Gasteiger partial charge in [0, 0.05) is 17.2 Å². The summed E-state index contributed by atoms with van der Waals surface area (Å²) >= 11 is 0. The van der Waals surface area contributed by atoms with E-state index in [2.05, 4.69) is 45.0 Å². The molecule has 0 spiro atoms. The first-order valence-electron chi connectivity index (χ1n) is 11.0. The highest BCUT2D eigenvalue weighted by Gasteiger charge is 2.76. The van der Waals surface area contributed by atoms with Crippen LogP contribution >= 0.6 is 7.14 Å². The lowest BCUT2D eigenvalue weighted by atomic mass is 9.69. The maximum Gasteiger partial charge on any atom is 0.108 e. The van der Waals surface area contributed by atoms with Gasteiger partial charge in [-0.05, 0) is 48.1 Å². The molecule has 0 unspecified atom stereocenters. The van der Waals surface area contributed by atoms with Crippen LogP contribution in [0.1, 0.15) is 57.3 Å². The quantitative estimate of drug-likeness (QED) is 0.589. The predicted molar refractivity (Wildman–Crippen MR) is 119 cm³/mol. The van der Waals surface area contributed by atoms with Gasteiger partial charge in [-0.1, -0.05) is 81.4 Å². The SMILES string of the molecule is CC1(C)[C@@H]2C[C@H]3[C@](C)(O)[C@@H](c4ccccc4)[P@](=O)(Cc4ccccc4)[C@@]3(C)C[C@@H]21. The Morgan fingerprint density at radius 3 is 2.14 bits per heavy atom. The van der Waals surface area contributed by atoms with E-state index in [-0.39, 0.29) is 16.7 Å². The van der Waals surface area contributed by atoms with Crippen molar-refractivity contribution in [3.8, 4) is 0 Å². The largest absolute Gasteiger partial charge is 0.389 e. The summed E-state index contributed by atoms with van der Waals surface area (Å²) in [7, 11) is -2.81. The fourth-order valence-electron chi connectivity index (χ4n) is 7.36. The summed E-state index contributed by atoms with van der Waals surface area (Å²) in [6.07, 6.45) is 2.57. The van der Waals surface area contributed by atoms with Gasteiger partial charge in [0.2, 0.25) is 0 Å². The highest BCUT2D eigenvalue weighted by molar-refractivity contribution is 7.65. The lowest BCUT2D eigenvalue weighted by Crippen LogP contribution is -2.44. The summed E-state index contributed by atoms with van der Waals surface area (Å²) in [5, 5.41) is 11.7. The Bertz CT molecular complexity index is 965. The van der Waals surface area contributed by atoms with E-state index in [9.17, 15) is 5.11 Å². The first kappa shape index (κ1) is 19.6. The van der Waals surface area contributed by atoms with Crippen molar-refractivity contribution >= 4 is 7.14 Å². The second kappa shape index (κ2) is 6.08. The zero-order valence-corrected chi connectivity index (χ0v) is 18.9. The second-order valence-corrected chi connectivity index (χ2v) is 14.3. The van der Waals surface area contributed by atoms with Gasteiger partial charge < -0.3 is 9.67 Å². The van der Waals surface area contributed by atoms with Gasteiger partial charge in [0.25, 0.3) is 0 Å². The third-order valence-electron chi connectivity index (χ3n) is 9.08. The third kappa shape index (κ3) is 2.55. The molecule has 5 rings (SSSR count). The molecule has 2 nitrogen and oxygen atoms in total. The van der Waals surface area contributed by atoms with E-state index in [1.807, 2.05) is 43.3 Å². The van der Waals surface area contributed by atoms with Crippen molar-refractivity contribution in [1.29, 1.82) is 0 Å². The summed E-state index contributed by atoms with van der Waals surface area (Å²) in [6, 6.07) is 20.5. The van der Waals surface area contributed by atoms with Gasteiger partial charge in [-0.2, -0.15) is 0 Å². The lowest BCUT2D eigenvalue weighted by Gasteiger charge is -2.42. The summed E-state index contributed by atoms with van der Waals surface area (Å²) < 4.78 is 15.2. The van der Waals surface area contributed by atoms with Crippen LogP contribution in [0, 0.1) is 23.2 Å². The van der Waals surface area contributed by atoms with Gasteiger partial charge in [0.1, 0.15) is 7.14 Å². The van der Waals surface area contributed by atoms with Crippen molar-refractivity contribution in [2.45, 2.75) is 63.1 Å². The van der Waals surface area contributed by atoms with Crippen LogP contribution in [0.15, 0.2) is 60.7 Å². The number of benzene rings is 2. The molecule has 0 radical (unpaired) electrons. The molecule has 0 bridgehead atoms. The first-order valence-corrected chi connectivity index (χ1v) is 13.0. The monoisotopic (exact) mass is 408 g/mol. The van der Waals surface area contributed by atoms with Gasteiger partial charge >= 0.3 is 0 Å². The normalized spacial score (nSPS) is 44.7. The van der Waals surface area contributed by atoms with E-state index in [0.29, 0.717) is 23.4 Å². The van der Waals surface area contributed by atoms with E-state index in [1.54, 1.807) is 0 Å². The van der Waals surface area contributed by atoms with Gasteiger partial charge in [-0.25, -0.2) is 0 Å². The van der Waals surface area contributed by atoms with Crippen LogP contribution in [-0.2, 0) is 10.7 Å². The first-order chi connectivity index (χ1) is 13.6. The van der Waals surface area contributed by atoms with E-state index in [1.165, 1.54) is 0 Å². The highest BCUT2D eigenvalue weighted by atomic mass is 31.2. The van der Waals surface area contributed by atoms with E-state index >= 15 is 4.57 Å². The van der Waals surface area contributed by atoms with Crippen LogP contribution in [-0.4, -0.2) is 15.9 Å². The molecule has 1 heterocycles. The molecule has 0 amide bonds.